The van der Waals surface area contributed by atoms with Crippen LogP contribution in [0.1, 0.15) is 6.92 Å². The molecule has 0 aliphatic carbocycles. The van der Waals surface area contributed by atoms with Crippen molar-refractivity contribution >= 4 is 17.7 Å². The standard InChI is InChI=1S/C11H12F2O2S/c1-7(11(14)15-2)6-16-10-4-3-8(12)5-9(10)13/h3-5,7H,6H2,1-2H3. The Bertz CT molecular complexity index is 382. The quantitative estimate of drug-likeness (QED) is 0.603. The van der Waals surface area contributed by atoms with Gasteiger partial charge in [-0.25, -0.2) is 8.78 Å². The molecule has 1 unspecified atom stereocenters. The molecule has 0 saturated heterocycles. The SMILES string of the molecule is COC(=O)C(C)CSc1ccc(F)cc1F. The molecule has 0 heterocycles. The normalized spacial score (nSPS) is 12.2. The van der Waals surface area contributed by atoms with E-state index in [2.05, 4.69) is 4.74 Å². The number of hydrogen-bond donors (Lipinski definition) is 0. The Morgan fingerprint density at radius 1 is 1.50 bits per heavy atom. The van der Waals surface area contributed by atoms with Gasteiger partial charge in [-0.1, -0.05) is 6.92 Å². The van der Waals surface area contributed by atoms with Crippen LogP contribution < -0.4 is 0 Å². The van der Waals surface area contributed by atoms with Crippen LogP contribution in [-0.4, -0.2) is 18.8 Å². The first-order chi connectivity index (χ1) is 7.54. The van der Waals surface area contributed by atoms with Gasteiger partial charge in [0.2, 0.25) is 0 Å². The van der Waals surface area contributed by atoms with Gasteiger partial charge in [0.25, 0.3) is 0 Å². The lowest BCUT2D eigenvalue weighted by atomic mass is 10.2. The molecule has 0 N–H and O–H groups in total. The Hall–Kier alpha value is -1.10. The Kier molecular flexibility index (Phi) is 4.73. The van der Waals surface area contributed by atoms with Gasteiger partial charge in [0.15, 0.2) is 0 Å². The van der Waals surface area contributed by atoms with Gasteiger partial charge in [0.1, 0.15) is 11.6 Å². The lowest BCUT2D eigenvalue weighted by Gasteiger charge is -2.08. The zero-order valence-electron chi connectivity index (χ0n) is 9.00. The third kappa shape index (κ3) is 3.48. The first-order valence-electron chi connectivity index (χ1n) is 4.70. The maximum Gasteiger partial charge on any atom is 0.309 e. The van der Waals surface area contributed by atoms with Crippen molar-refractivity contribution in [1.82, 2.24) is 0 Å². The van der Waals surface area contributed by atoms with Crippen LogP contribution in [0.4, 0.5) is 8.78 Å². The van der Waals surface area contributed by atoms with Crippen molar-refractivity contribution in [3.05, 3.63) is 29.8 Å². The van der Waals surface area contributed by atoms with E-state index in [1.807, 2.05) is 0 Å². The molecular formula is C11H12F2O2S. The summed E-state index contributed by atoms with van der Waals surface area (Å²) in [6, 6.07) is 3.37. The molecule has 1 atom stereocenters. The maximum absolute atomic E-state index is 13.2. The number of thioether (sulfide) groups is 1. The van der Waals surface area contributed by atoms with Crippen molar-refractivity contribution in [1.29, 1.82) is 0 Å². The van der Waals surface area contributed by atoms with Gasteiger partial charge in [0.05, 0.1) is 13.0 Å². The van der Waals surface area contributed by atoms with E-state index in [1.54, 1.807) is 6.92 Å². The molecule has 16 heavy (non-hydrogen) atoms. The van der Waals surface area contributed by atoms with E-state index < -0.39 is 11.6 Å². The number of rotatable bonds is 4. The van der Waals surface area contributed by atoms with Crippen LogP contribution in [0.2, 0.25) is 0 Å². The molecule has 0 amide bonds. The predicted octanol–water partition coefficient (Wildman–Crippen LogP) is 2.87. The Morgan fingerprint density at radius 3 is 2.75 bits per heavy atom. The minimum absolute atomic E-state index is 0.320. The smallest absolute Gasteiger partial charge is 0.309 e. The second kappa shape index (κ2) is 5.84. The van der Waals surface area contributed by atoms with E-state index in [-0.39, 0.29) is 11.9 Å². The minimum Gasteiger partial charge on any atom is -0.469 e. The number of halogens is 2. The number of carbonyl (C=O) groups excluding carboxylic acids is 1. The molecule has 5 heteroatoms. The van der Waals surface area contributed by atoms with E-state index >= 15 is 0 Å². The molecule has 0 aliphatic rings. The second-order valence-corrected chi connectivity index (χ2v) is 4.37. The minimum atomic E-state index is -0.609. The Morgan fingerprint density at radius 2 is 2.19 bits per heavy atom. The van der Waals surface area contributed by atoms with Crippen molar-refractivity contribution in [2.45, 2.75) is 11.8 Å². The largest absolute Gasteiger partial charge is 0.469 e. The number of ether oxygens (including phenoxy) is 1. The highest BCUT2D eigenvalue weighted by Gasteiger charge is 2.14. The summed E-state index contributed by atoms with van der Waals surface area (Å²) in [4.78, 5) is 11.4. The molecule has 0 aromatic heterocycles. The van der Waals surface area contributed by atoms with Gasteiger partial charge in [-0.3, -0.25) is 4.79 Å². The number of esters is 1. The van der Waals surface area contributed by atoms with Crippen molar-refractivity contribution < 1.29 is 18.3 Å². The topological polar surface area (TPSA) is 26.3 Å². The van der Waals surface area contributed by atoms with Crippen LogP contribution in [0.15, 0.2) is 23.1 Å². The zero-order chi connectivity index (χ0) is 12.1. The summed E-state index contributed by atoms with van der Waals surface area (Å²) >= 11 is 1.17. The van der Waals surface area contributed by atoms with Crippen molar-refractivity contribution in [2.75, 3.05) is 12.9 Å². The number of carbonyl (C=O) groups is 1. The zero-order valence-corrected chi connectivity index (χ0v) is 9.81. The van der Waals surface area contributed by atoms with Crippen LogP contribution in [0.25, 0.3) is 0 Å². The van der Waals surface area contributed by atoms with Gasteiger partial charge in [-0.15, -0.1) is 11.8 Å². The molecule has 1 rings (SSSR count). The number of benzene rings is 1. The van der Waals surface area contributed by atoms with Gasteiger partial charge < -0.3 is 4.74 Å². The van der Waals surface area contributed by atoms with Crippen LogP contribution in [0.3, 0.4) is 0 Å². The van der Waals surface area contributed by atoms with E-state index in [9.17, 15) is 13.6 Å². The highest BCUT2D eigenvalue weighted by Crippen LogP contribution is 2.24. The van der Waals surface area contributed by atoms with Gasteiger partial charge in [-0.2, -0.15) is 0 Å². The predicted molar refractivity (Wildman–Crippen MR) is 58.3 cm³/mol. The summed E-state index contributed by atoms with van der Waals surface area (Å²) < 4.78 is 30.4. The molecule has 0 radical (unpaired) electrons. The molecule has 0 saturated carbocycles. The van der Waals surface area contributed by atoms with Crippen molar-refractivity contribution in [3.8, 4) is 0 Å². The average molecular weight is 246 g/mol. The fourth-order valence-electron chi connectivity index (χ4n) is 1.08. The summed E-state index contributed by atoms with van der Waals surface area (Å²) in [7, 11) is 1.31. The summed E-state index contributed by atoms with van der Waals surface area (Å²) in [5, 5.41) is 0. The first-order valence-corrected chi connectivity index (χ1v) is 5.69. The third-order valence-corrected chi connectivity index (χ3v) is 3.30. The van der Waals surface area contributed by atoms with Gasteiger partial charge in [0, 0.05) is 16.7 Å². The van der Waals surface area contributed by atoms with E-state index in [0.717, 1.165) is 6.07 Å². The van der Waals surface area contributed by atoms with Crippen LogP contribution >= 0.6 is 11.8 Å². The van der Waals surface area contributed by atoms with Crippen LogP contribution in [0, 0.1) is 17.6 Å². The lowest BCUT2D eigenvalue weighted by Crippen LogP contribution is -2.14. The van der Waals surface area contributed by atoms with E-state index in [0.29, 0.717) is 10.6 Å². The maximum atomic E-state index is 13.2. The van der Waals surface area contributed by atoms with Crippen LogP contribution in [-0.2, 0) is 9.53 Å². The van der Waals surface area contributed by atoms with E-state index in [1.165, 1.54) is 31.0 Å². The molecular weight excluding hydrogens is 234 g/mol. The van der Waals surface area contributed by atoms with Crippen molar-refractivity contribution in [3.63, 3.8) is 0 Å². The molecule has 0 aliphatic heterocycles. The second-order valence-electron chi connectivity index (χ2n) is 3.31. The lowest BCUT2D eigenvalue weighted by molar-refractivity contribution is -0.143. The summed E-state index contributed by atoms with van der Waals surface area (Å²) in [6.07, 6.45) is 0. The van der Waals surface area contributed by atoms with Gasteiger partial charge in [-0.05, 0) is 12.1 Å². The van der Waals surface area contributed by atoms with Crippen molar-refractivity contribution in [2.24, 2.45) is 5.92 Å². The monoisotopic (exact) mass is 246 g/mol. The van der Waals surface area contributed by atoms with E-state index in [4.69, 9.17) is 0 Å². The Balaban J connectivity index is 2.58. The average Bonchev–Trinajstić information content (AvgIpc) is 2.26. The highest BCUT2D eigenvalue weighted by atomic mass is 32.2. The molecule has 1 aromatic carbocycles. The summed E-state index contributed by atoms with van der Waals surface area (Å²) in [6.45, 7) is 1.69. The first kappa shape index (κ1) is 13.0. The third-order valence-electron chi connectivity index (χ3n) is 1.99. The Labute approximate surface area is 97.0 Å². The highest BCUT2D eigenvalue weighted by molar-refractivity contribution is 7.99. The molecule has 2 nitrogen and oxygen atoms in total. The van der Waals surface area contributed by atoms with Crippen LogP contribution in [0.5, 0.6) is 0 Å². The molecule has 88 valence electrons. The number of hydrogen-bond acceptors (Lipinski definition) is 3. The molecule has 0 spiro atoms. The van der Waals surface area contributed by atoms with Gasteiger partial charge >= 0.3 is 5.97 Å². The number of methoxy groups -OCH3 is 1. The fraction of sp³-hybridized carbons (Fsp3) is 0.364. The molecule has 0 fully saturated rings. The molecule has 0 bridgehead atoms. The molecule has 1 aromatic rings. The summed E-state index contributed by atoms with van der Waals surface area (Å²) in [5.41, 5.74) is 0. The fourth-order valence-corrected chi connectivity index (χ4v) is 2.00. The summed E-state index contributed by atoms with van der Waals surface area (Å²) in [5.74, 6) is -1.48.